The van der Waals surface area contributed by atoms with E-state index in [0.29, 0.717) is 30.1 Å². The zero-order valence-electron chi connectivity index (χ0n) is 12.0. The Hall–Kier alpha value is -1.88. The van der Waals surface area contributed by atoms with Crippen molar-refractivity contribution in [3.63, 3.8) is 0 Å². The molecule has 5 nitrogen and oxygen atoms in total. The van der Waals surface area contributed by atoms with Gasteiger partial charge in [0.05, 0.1) is 0 Å². The number of amides is 2. The molecule has 1 aliphatic heterocycles. The molecule has 0 atom stereocenters. The summed E-state index contributed by atoms with van der Waals surface area (Å²) in [6.45, 7) is 6.20. The highest BCUT2D eigenvalue weighted by atomic mass is 16.2. The van der Waals surface area contributed by atoms with Crippen molar-refractivity contribution >= 4 is 17.5 Å². The van der Waals surface area contributed by atoms with E-state index in [4.69, 9.17) is 0 Å². The highest BCUT2D eigenvalue weighted by Gasteiger charge is 2.20. The lowest BCUT2D eigenvalue weighted by atomic mass is 9.99. The predicted octanol–water partition coefficient (Wildman–Crippen LogP) is 1.29. The first-order valence-electron chi connectivity index (χ1n) is 6.99. The Labute approximate surface area is 119 Å². The Bertz CT molecular complexity index is 510. The Kier molecular flexibility index (Phi) is 4.74. The largest absolute Gasteiger partial charge is 0.352 e. The molecule has 1 fully saturated rings. The van der Waals surface area contributed by atoms with Gasteiger partial charge in [0.1, 0.15) is 0 Å². The fraction of sp³-hybridized carbons (Fsp3) is 0.467. The molecule has 1 aliphatic rings. The number of aryl methyl sites for hydroxylation is 1. The zero-order valence-corrected chi connectivity index (χ0v) is 12.0. The Morgan fingerprint density at radius 2 is 2.10 bits per heavy atom. The molecule has 1 saturated heterocycles. The molecular formula is C15H21N3O2. The highest BCUT2D eigenvalue weighted by Crippen LogP contribution is 2.18. The van der Waals surface area contributed by atoms with Crippen molar-refractivity contribution in [2.24, 2.45) is 5.92 Å². The van der Waals surface area contributed by atoms with E-state index < -0.39 is 0 Å². The van der Waals surface area contributed by atoms with Gasteiger partial charge in [-0.25, -0.2) is 0 Å². The summed E-state index contributed by atoms with van der Waals surface area (Å²) in [5.74, 6) is 0.320. The second-order valence-corrected chi connectivity index (χ2v) is 5.17. The van der Waals surface area contributed by atoms with Crippen molar-refractivity contribution in [3.8, 4) is 0 Å². The minimum absolute atomic E-state index is 0.00708. The molecule has 0 aliphatic carbocycles. The van der Waals surface area contributed by atoms with Crippen LogP contribution >= 0.6 is 0 Å². The van der Waals surface area contributed by atoms with E-state index in [1.54, 1.807) is 12.1 Å². The molecule has 2 rings (SSSR count). The van der Waals surface area contributed by atoms with Gasteiger partial charge in [0.2, 0.25) is 5.91 Å². The molecule has 0 radical (unpaired) electrons. The van der Waals surface area contributed by atoms with Gasteiger partial charge in [-0.05, 0) is 50.6 Å². The van der Waals surface area contributed by atoms with E-state index in [2.05, 4.69) is 16.0 Å². The number of hydrogen-bond donors (Lipinski definition) is 3. The van der Waals surface area contributed by atoms with Gasteiger partial charge in [-0.1, -0.05) is 6.07 Å². The summed E-state index contributed by atoms with van der Waals surface area (Å²) in [6.07, 6.45) is 0.526. The van der Waals surface area contributed by atoms with Crippen LogP contribution in [0.15, 0.2) is 18.2 Å². The van der Waals surface area contributed by atoms with Crippen molar-refractivity contribution in [3.05, 3.63) is 29.3 Å². The van der Waals surface area contributed by atoms with E-state index in [9.17, 15) is 9.59 Å². The molecule has 0 unspecified atom stereocenters. The van der Waals surface area contributed by atoms with E-state index in [1.807, 2.05) is 19.9 Å². The van der Waals surface area contributed by atoms with Gasteiger partial charge in [0.25, 0.3) is 5.91 Å². The molecule has 3 N–H and O–H groups in total. The number of nitrogens with one attached hydrogen (secondary N) is 3. The molecule has 1 aromatic carbocycles. The number of rotatable bonds is 5. The Morgan fingerprint density at radius 1 is 1.35 bits per heavy atom. The van der Waals surface area contributed by atoms with Crippen LogP contribution in [0.5, 0.6) is 0 Å². The van der Waals surface area contributed by atoms with Crippen molar-refractivity contribution in [1.29, 1.82) is 0 Å². The maximum atomic E-state index is 11.9. The molecule has 108 valence electrons. The van der Waals surface area contributed by atoms with Crippen LogP contribution in [0.3, 0.4) is 0 Å². The van der Waals surface area contributed by atoms with Crippen molar-refractivity contribution in [1.82, 2.24) is 10.6 Å². The van der Waals surface area contributed by atoms with Crippen LogP contribution in [-0.2, 0) is 4.79 Å². The molecule has 5 heteroatoms. The van der Waals surface area contributed by atoms with Crippen molar-refractivity contribution in [2.75, 3.05) is 25.0 Å². The molecule has 20 heavy (non-hydrogen) atoms. The first-order chi connectivity index (χ1) is 9.60. The normalized spacial score (nSPS) is 14.5. The SMILES string of the molecule is CCNC(=O)c1ccc(C)c(NC(=O)CC2CNC2)c1. The standard InChI is InChI=1S/C15H21N3O2/c1-3-17-15(20)12-5-4-10(2)13(7-12)18-14(19)6-11-8-16-9-11/h4-5,7,11,16H,3,6,8-9H2,1-2H3,(H,17,20)(H,18,19). The van der Waals surface area contributed by atoms with Gasteiger partial charge in [-0.15, -0.1) is 0 Å². The van der Waals surface area contributed by atoms with Crippen LogP contribution in [-0.4, -0.2) is 31.4 Å². The van der Waals surface area contributed by atoms with Crippen LogP contribution in [0.4, 0.5) is 5.69 Å². The molecule has 1 heterocycles. The minimum Gasteiger partial charge on any atom is -0.352 e. The summed E-state index contributed by atoms with van der Waals surface area (Å²) in [5, 5.41) is 8.80. The maximum Gasteiger partial charge on any atom is 0.251 e. The first-order valence-corrected chi connectivity index (χ1v) is 6.99. The molecule has 0 aromatic heterocycles. The van der Waals surface area contributed by atoms with Crippen molar-refractivity contribution in [2.45, 2.75) is 20.3 Å². The zero-order chi connectivity index (χ0) is 14.5. The number of carbonyl (C=O) groups excluding carboxylic acids is 2. The van der Waals surface area contributed by atoms with E-state index in [0.717, 1.165) is 18.7 Å². The van der Waals surface area contributed by atoms with Crippen LogP contribution in [0, 0.1) is 12.8 Å². The molecule has 0 spiro atoms. The van der Waals surface area contributed by atoms with Crippen LogP contribution < -0.4 is 16.0 Å². The molecular weight excluding hydrogens is 254 g/mol. The molecule has 1 aromatic rings. The number of anilines is 1. The average molecular weight is 275 g/mol. The number of carbonyl (C=O) groups is 2. The van der Waals surface area contributed by atoms with E-state index >= 15 is 0 Å². The van der Waals surface area contributed by atoms with Gasteiger partial charge >= 0.3 is 0 Å². The minimum atomic E-state index is -0.119. The summed E-state index contributed by atoms with van der Waals surface area (Å²) >= 11 is 0. The number of hydrogen-bond acceptors (Lipinski definition) is 3. The third-order valence-corrected chi connectivity index (χ3v) is 3.45. The van der Waals surface area contributed by atoms with Crippen LogP contribution in [0.2, 0.25) is 0 Å². The second-order valence-electron chi connectivity index (χ2n) is 5.17. The average Bonchev–Trinajstić information content (AvgIpc) is 2.37. The van der Waals surface area contributed by atoms with E-state index in [1.165, 1.54) is 0 Å². The predicted molar refractivity (Wildman–Crippen MR) is 78.8 cm³/mol. The molecule has 2 amide bonds. The van der Waals surface area contributed by atoms with Crippen LogP contribution in [0.1, 0.15) is 29.3 Å². The van der Waals surface area contributed by atoms with Crippen molar-refractivity contribution < 1.29 is 9.59 Å². The van der Waals surface area contributed by atoms with Gasteiger partial charge in [0.15, 0.2) is 0 Å². The van der Waals surface area contributed by atoms with Gasteiger partial charge in [-0.3, -0.25) is 9.59 Å². The monoisotopic (exact) mass is 275 g/mol. The molecule has 0 bridgehead atoms. The first kappa shape index (κ1) is 14.5. The number of benzene rings is 1. The summed E-state index contributed by atoms with van der Waals surface area (Å²) in [4.78, 5) is 23.7. The quantitative estimate of drug-likeness (QED) is 0.758. The Morgan fingerprint density at radius 3 is 2.70 bits per heavy atom. The topological polar surface area (TPSA) is 70.2 Å². The fourth-order valence-electron chi connectivity index (χ4n) is 2.12. The lowest BCUT2D eigenvalue weighted by Gasteiger charge is -2.26. The summed E-state index contributed by atoms with van der Waals surface area (Å²) in [6, 6.07) is 5.36. The van der Waals surface area contributed by atoms with Gasteiger partial charge in [0, 0.05) is 24.2 Å². The maximum absolute atomic E-state index is 11.9. The third-order valence-electron chi connectivity index (χ3n) is 3.45. The third kappa shape index (κ3) is 3.57. The second kappa shape index (κ2) is 6.52. The summed E-state index contributed by atoms with van der Waals surface area (Å²) in [5.41, 5.74) is 2.24. The van der Waals surface area contributed by atoms with E-state index in [-0.39, 0.29) is 11.8 Å². The van der Waals surface area contributed by atoms with Gasteiger partial charge < -0.3 is 16.0 Å². The fourth-order valence-corrected chi connectivity index (χ4v) is 2.12. The van der Waals surface area contributed by atoms with Crippen LogP contribution in [0.25, 0.3) is 0 Å². The molecule has 0 saturated carbocycles. The summed E-state index contributed by atoms with van der Waals surface area (Å²) < 4.78 is 0. The lowest BCUT2D eigenvalue weighted by molar-refractivity contribution is -0.117. The smallest absolute Gasteiger partial charge is 0.251 e. The summed E-state index contributed by atoms with van der Waals surface area (Å²) in [7, 11) is 0. The lowest BCUT2D eigenvalue weighted by Crippen LogP contribution is -2.43. The van der Waals surface area contributed by atoms with Gasteiger partial charge in [-0.2, -0.15) is 0 Å². The highest BCUT2D eigenvalue weighted by molar-refractivity contribution is 5.97. The Balaban J connectivity index is 2.03.